The zero-order chi connectivity index (χ0) is 19.1. The molecule has 0 saturated carbocycles. The molecule has 8 nitrogen and oxygen atoms in total. The monoisotopic (exact) mass is 365 g/mol. The molecule has 3 rings (SSSR count). The number of methoxy groups -OCH3 is 2. The Morgan fingerprint density at radius 1 is 1.22 bits per heavy atom. The highest BCUT2D eigenvalue weighted by Gasteiger charge is 2.09. The van der Waals surface area contributed by atoms with Crippen molar-refractivity contribution >= 4 is 12.0 Å². The molecule has 2 heterocycles. The van der Waals surface area contributed by atoms with E-state index in [1.807, 2.05) is 18.2 Å². The smallest absolute Gasteiger partial charge is 0.244 e. The van der Waals surface area contributed by atoms with E-state index in [0.29, 0.717) is 23.9 Å². The average Bonchev–Trinajstić information content (AvgIpc) is 3.25. The lowest BCUT2D eigenvalue weighted by Gasteiger charge is -2.10. The van der Waals surface area contributed by atoms with Gasteiger partial charge in [0.15, 0.2) is 17.3 Å². The summed E-state index contributed by atoms with van der Waals surface area (Å²) in [7, 11) is 3.13. The molecule has 0 spiro atoms. The number of para-hydroxylation sites is 1. The zero-order valence-corrected chi connectivity index (χ0v) is 15.0. The molecule has 0 fully saturated rings. The second kappa shape index (κ2) is 8.61. The summed E-state index contributed by atoms with van der Waals surface area (Å²) in [4.78, 5) is 20.4. The van der Waals surface area contributed by atoms with Crippen molar-refractivity contribution in [2.45, 2.75) is 6.54 Å². The van der Waals surface area contributed by atoms with Crippen LogP contribution in [0.15, 0.2) is 55.3 Å². The SMILES string of the molecule is COc1cccc(/C=C/C(=O)NCc2cccnc2-n2cncn2)c1OC. The Bertz CT molecular complexity index is 938. The third-order valence-electron chi connectivity index (χ3n) is 3.80. The van der Waals surface area contributed by atoms with E-state index in [4.69, 9.17) is 9.47 Å². The van der Waals surface area contributed by atoms with Crippen molar-refractivity contribution in [1.29, 1.82) is 0 Å². The molecular formula is C19H19N5O3. The van der Waals surface area contributed by atoms with Crippen molar-refractivity contribution in [3.8, 4) is 17.3 Å². The standard InChI is InChI=1S/C19H19N5O3/c1-26-16-7-3-5-14(18(16)27-2)8-9-17(25)22-11-15-6-4-10-21-19(15)24-13-20-12-23-24/h3-10,12-13H,11H2,1-2H3,(H,22,25)/b9-8+. The highest BCUT2D eigenvalue weighted by atomic mass is 16.5. The fourth-order valence-electron chi connectivity index (χ4n) is 2.54. The van der Waals surface area contributed by atoms with Crippen LogP contribution in [-0.2, 0) is 11.3 Å². The van der Waals surface area contributed by atoms with Gasteiger partial charge in [0.05, 0.1) is 14.2 Å². The summed E-state index contributed by atoms with van der Waals surface area (Å²) >= 11 is 0. The van der Waals surface area contributed by atoms with E-state index >= 15 is 0 Å². The van der Waals surface area contributed by atoms with Gasteiger partial charge in [0.1, 0.15) is 12.7 Å². The summed E-state index contributed by atoms with van der Waals surface area (Å²) in [5.41, 5.74) is 1.57. The summed E-state index contributed by atoms with van der Waals surface area (Å²) in [5.74, 6) is 1.56. The Kier molecular flexibility index (Phi) is 5.78. The van der Waals surface area contributed by atoms with Gasteiger partial charge in [0.2, 0.25) is 5.91 Å². The van der Waals surface area contributed by atoms with Crippen molar-refractivity contribution in [1.82, 2.24) is 25.1 Å². The molecule has 1 N–H and O–H groups in total. The number of carbonyl (C=O) groups is 1. The lowest BCUT2D eigenvalue weighted by molar-refractivity contribution is -0.116. The van der Waals surface area contributed by atoms with Gasteiger partial charge in [0, 0.05) is 29.9 Å². The molecule has 0 aliphatic heterocycles. The number of nitrogens with one attached hydrogen (secondary N) is 1. The van der Waals surface area contributed by atoms with E-state index < -0.39 is 0 Å². The van der Waals surface area contributed by atoms with Crippen LogP contribution in [0.3, 0.4) is 0 Å². The molecule has 0 aliphatic carbocycles. The van der Waals surface area contributed by atoms with E-state index in [-0.39, 0.29) is 5.91 Å². The number of benzene rings is 1. The van der Waals surface area contributed by atoms with Gasteiger partial charge >= 0.3 is 0 Å². The number of hydrogen-bond acceptors (Lipinski definition) is 6. The quantitative estimate of drug-likeness (QED) is 0.644. The molecule has 8 heteroatoms. The lowest BCUT2D eigenvalue weighted by atomic mass is 10.1. The molecule has 27 heavy (non-hydrogen) atoms. The fourth-order valence-corrected chi connectivity index (χ4v) is 2.54. The first kappa shape index (κ1) is 18.1. The molecule has 3 aromatic rings. The fraction of sp³-hybridized carbons (Fsp3) is 0.158. The molecule has 2 aromatic heterocycles. The van der Waals surface area contributed by atoms with Gasteiger partial charge in [-0.25, -0.2) is 14.6 Å². The van der Waals surface area contributed by atoms with E-state index in [1.54, 1.807) is 49.6 Å². The molecule has 138 valence electrons. The summed E-state index contributed by atoms with van der Waals surface area (Å²) in [6.07, 6.45) is 7.78. The normalized spacial score (nSPS) is 10.7. The first-order valence-electron chi connectivity index (χ1n) is 8.18. The Hall–Kier alpha value is -3.68. The Labute approximate surface area is 156 Å². The zero-order valence-electron chi connectivity index (χ0n) is 15.0. The van der Waals surface area contributed by atoms with Crippen molar-refractivity contribution in [2.24, 2.45) is 0 Å². The van der Waals surface area contributed by atoms with E-state index in [0.717, 1.165) is 11.1 Å². The molecule has 0 bridgehead atoms. The van der Waals surface area contributed by atoms with Crippen molar-refractivity contribution in [3.63, 3.8) is 0 Å². The summed E-state index contributed by atoms with van der Waals surface area (Å²) in [6, 6.07) is 9.15. The minimum Gasteiger partial charge on any atom is -0.493 e. The molecule has 1 aromatic carbocycles. The van der Waals surface area contributed by atoms with Gasteiger partial charge in [-0.3, -0.25) is 4.79 Å². The minimum absolute atomic E-state index is 0.242. The number of ether oxygens (including phenoxy) is 2. The number of pyridine rings is 1. The van der Waals surface area contributed by atoms with Crippen LogP contribution in [0.2, 0.25) is 0 Å². The van der Waals surface area contributed by atoms with Crippen LogP contribution in [-0.4, -0.2) is 39.9 Å². The van der Waals surface area contributed by atoms with Crippen LogP contribution in [0.25, 0.3) is 11.9 Å². The molecule has 0 unspecified atom stereocenters. The van der Waals surface area contributed by atoms with E-state index in [2.05, 4.69) is 20.4 Å². The third kappa shape index (κ3) is 4.30. The van der Waals surface area contributed by atoms with Crippen molar-refractivity contribution in [3.05, 3.63) is 66.4 Å². The van der Waals surface area contributed by atoms with Crippen molar-refractivity contribution < 1.29 is 14.3 Å². The first-order valence-corrected chi connectivity index (χ1v) is 8.18. The van der Waals surface area contributed by atoms with Crippen LogP contribution in [0.1, 0.15) is 11.1 Å². The van der Waals surface area contributed by atoms with Crippen LogP contribution < -0.4 is 14.8 Å². The van der Waals surface area contributed by atoms with Crippen LogP contribution in [0, 0.1) is 0 Å². The predicted molar refractivity (Wildman–Crippen MR) is 99.6 cm³/mol. The number of aromatic nitrogens is 4. The van der Waals surface area contributed by atoms with Gasteiger partial charge in [-0.15, -0.1) is 0 Å². The minimum atomic E-state index is -0.242. The van der Waals surface area contributed by atoms with Gasteiger partial charge < -0.3 is 14.8 Å². The number of nitrogens with zero attached hydrogens (tertiary/aromatic N) is 4. The van der Waals surface area contributed by atoms with Gasteiger partial charge in [-0.05, 0) is 18.2 Å². The van der Waals surface area contributed by atoms with Gasteiger partial charge in [0.25, 0.3) is 0 Å². The Morgan fingerprint density at radius 3 is 2.85 bits per heavy atom. The molecule has 0 atom stereocenters. The molecule has 0 radical (unpaired) electrons. The summed E-state index contributed by atoms with van der Waals surface area (Å²) in [5, 5.41) is 6.91. The average molecular weight is 365 g/mol. The molecular weight excluding hydrogens is 346 g/mol. The van der Waals surface area contributed by atoms with Crippen LogP contribution >= 0.6 is 0 Å². The second-order valence-electron chi connectivity index (χ2n) is 5.46. The second-order valence-corrected chi connectivity index (χ2v) is 5.46. The lowest BCUT2D eigenvalue weighted by Crippen LogP contribution is -2.21. The first-order chi connectivity index (χ1) is 13.2. The van der Waals surface area contributed by atoms with E-state index in [9.17, 15) is 4.79 Å². The number of carbonyl (C=O) groups excluding carboxylic acids is 1. The van der Waals surface area contributed by atoms with Gasteiger partial charge in [-0.1, -0.05) is 18.2 Å². The Morgan fingerprint density at radius 2 is 2.11 bits per heavy atom. The topological polar surface area (TPSA) is 91.2 Å². The molecule has 1 amide bonds. The highest BCUT2D eigenvalue weighted by Crippen LogP contribution is 2.31. The number of rotatable bonds is 7. The number of amides is 1. The van der Waals surface area contributed by atoms with Crippen LogP contribution in [0.4, 0.5) is 0 Å². The largest absolute Gasteiger partial charge is 0.493 e. The summed E-state index contributed by atoms with van der Waals surface area (Å²) < 4.78 is 12.2. The number of hydrogen-bond donors (Lipinski definition) is 1. The maximum Gasteiger partial charge on any atom is 0.244 e. The summed E-state index contributed by atoms with van der Waals surface area (Å²) in [6.45, 7) is 0.307. The maximum absolute atomic E-state index is 12.2. The Balaban J connectivity index is 1.69. The van der Waals surface area contributed by atoms with Crippen LogP contribution in [0.5, 0.6) is 11.5 Å². The van der Waals surface area contributed by atoms with Gasteiger partial charge in [-0.2, -0.15) is 5.10 Å². The molecule has 0 aliphatic rings. The third-order valence-corrected chi connectivity index (χ3v) is 3.80. The maximum atomic E-state index is 12.2. The highest BCUT2D eigenvalue weighted by molar-refractivity contribution is 5.92. The predicted octanol–water partition coefficient (Wildman–Crippen LogP) is 2.01. The van der Waals surface area contributed by atoms with Crippen molar-refractivity contribution in [2.75, 3.05) is 14.2 Å². The molecule has 0 saturated heterocycles. The van der Waals surface area contributed by atoms with E-state index in [1.165, 1.54) is 12.4 Å².